The largest absolute Gasteiger partial charge is 0.465 e. The van der Waals surface area contributed by atoms with Crippen molar-refractivity contribution < 1.29 is 19.1 Å². The van der Waals surface area contributed by atoms with Crippen LogP contribution in [0.25, 0.3) is 6.08 Å². The Morgan fingerprint density at radius 2 is 2.04 bits per heavy atom. The van der Waals surface area contributed by atoms with Crippen LogP contribution in [-0.2, 0) is 4.79 Å². The monoisotopic (exact) mass is 340 g/mol. The Morgan fingerprint density at radius 3 is 2.72 bits per heavy atom. The van der Waals surface area contributed by atoms with E-state index < -0.39 is 0 Å². The maximum absolute atomic E-state index is 12.9. The number of aliphatic hydroxyl groups is 1. The highest BCUT2D eigenvalue weighted by molar-refractivity contribution is 6.05. The van der Waals surface area contributed by atoms with Crippen molar-refractivity contribution in [3.05, 3.63) is 65.7 Å². The Labute approximate surface area is 145 Å². The van der Waals surface area contributed by atoms with Crippen LogP contribution in [0.15, 0.2) is 58.8 Å². The highest BCUT2D eigenvalue weighted by atomic mass is 16.3. The first-order chi connectivity index (χ1) is 12.2. The molecule has 1 saturated heterocycles. The molecule has 6 heteroatoms. The lowest BCUT2D eigenvalue weighted by molar-refractivity contribution is -0.128. The van der Waals surface area contributed by atoms with Gasteiger partial charge in [0.25, 0.3) is 11.8 Å². The van der Waals surface area contributed by atoms with E-state index in [9.17, 15) is 14.7 Å². The fourth-order valence-corrected chi connectivity index (χ4v) is 2.90. The van der Waals surface area contributed by atoms with E-state index in [0.29, 0.717) is 17.9 Å². The van der Waals surface area contributed by atoms with Crippen molar-refractivity contribution in [1.82, 2.24) is 10.2 Å². The Kier molecular flexibility index (Phi) is 5.30. The molecule has 0 spiro atoms. The van der Waals surface area contributed by atoms with Gasteiger partial charge >= 0.3 is 0 Å². The lowest BCUT2D eigenvalue weighted by atomic mass is 10.2. The summed E-state index contributed by atoms with van der Waals surface area (Å²) in [7, 11) is 0. The molecular formula is C19H20N2O4. The van der Waals surface area contributed by atoms with Crippen molar-refractivity contribution in [2.45, 2.75) is 18.9 Å². The Balaban J connectivity index is 1.85. The van der Waals surface area contributed by atoms with Gasteiger partial charge in [-0.15, -0.1) is 0 Å². The van der Waals surface area contributed by atoms with E-state index in [1.807, 2.05) is 6.07 Å². The maximum atomic E-state index is 12.9. The van der Waals surface area contributed by atoms with E-state index in [1.165, 1.54) is 12.3 Å². The summed E-state index contributed by atoms with van der Waals surface area (Å²) in [6.45, 7) is 0.465. The molecule has 3 rings (SSSR count). The summed E-state index contributed by atoms with van der Waals surface area (Å²) < 4.78 is 5.27. The van der Waals surface area contributed by atoms with Crippen molar-refractivity contribution in [3.8, 4) is 0 Å². The van der Waals surface area contributed by atoms with E-state index in [2.05, 4.69) is 5.32 Å². The summed E-state index contributed by atoms with van der Waals surface area (Å²) in [5, 5.41) is 12.1. The van der Waals surface area contributed by atoms with Crippen LogP contribution >= 0.6 is 0 Å². The molecule has 0 aliphatic carbocycles. The maximum Gasteiger partial charge on any atom is 0.270 e. The minimum Gasteiger partial charge on any atom is -0.465 e. The third kappa shape index (κ3) is 3.97. The summed E-state index contributed by atoms with van der Waals surface area (Å²) in [6, 6.07) is 11.9. The van der Waals surface area contributed by atoms with Gasteiger partial charge in [-0.25, -0.2) is 0 Å². The Bertz CT molecular complexity index is 753. The number of nitrogens with one attached hydrogen (secondary N) is 1. The summed E-state index contributed by atoms with van der Waals surface area (Å²) in [5.41, 5.74) is 0.588. The fourth-order valence-electron chi connectivity index (χ4n) is 2.90. The van der Waals surface area contributed by atoms with E-state index in [-0.39, 0.29) is 30.2 Å². The summed E-state index contributed by atoms with van der Waals surface area (Å²) in [6.07, 6.45) is 4.59. The molecule has 2 heterocycles. The molecule has 1 aromatic carbocycles. The van der Waals surface area contributed by atoms with Gasteiger partial charge in [-0.05, 0) is 37.1 Å². The fraction of sp³-hybridized carbons (Fsp3) is 0.263. The molecule has 25 heavy (non-hydrogen) atoms. The molecule has 2 N–H and O–H groups in total. The van der Waals surface area contributed by atoms with E-state index >= 15 is 0 Å². The number of hydrogen-bond acceptors (Lipinski definition) is 4. The first kappa shape index (κ1) is 17.0. The zero-order chi connectivity index (χ0) is 17.6. The molecule has 6 nitrogen and oxygen atoms in total. The predicted molar refractivity (Wildman–Crippen MR) is 92.4 cm³/mol. The SMILES string of the molecule is O=C(NC(=Cc1ccco1)C(=O)N1CCCC1CO)c1ccccc1. The summed E-state index contributed by atoms with van der Waals surface area (Å²) in [4.78, 5) is 26.9. The molecule has 130 valence electrons. The Morgan fingerprint density at radius 1 is 1.24 bits per heavy atom. The number of likely N-dealkylation sites (tertiary alicyclic amines) is 1. The first-order valence-electron chi connectivity index (χ1n) is 8.22. The van der Waals surface area contributed by atoms with Crippen molar-refractivity contribution in [3.63, 3.8) is 0 Å². The van der Waals surface area contributed by atoms with Gasteiger partial charge < -0.3 is 19.7 Å². The molecule has 1 aliphatic heterocycles. The van der Waals surface area contributed by atoms with Crippen LogP contribution in [0.1, 0.15) is 29.0 Å². The minimum atomic E-state index is -0.369. The van der Waals surface area contributed by atoms with Gasteiger partial charge in [-0.1, -0.05) is 18.2 Å². The minimum absolute atomic E-state index is 0.0909. The van der Waals surface area contributed by atoms with Gasteiger partial charge in [-0.2, -0.15) is 0 Å². The van der Waals surface area contributed by atoms with E-state index in [4.69, 9.17) is 4.42 Å². The van der Waals surface area contributed by atoms with E-state index in [1.54, 1.807) is 41.3 Å². The normalized spacial score (nSPS) is 17.6. The van der Waals surface area contributed by atoms with Crippen LogP contribution in [0.2, 0.25) is 0 Å². The van der Waals surface area contributed by atoms with Crippen molar-refractivity contribution in [2.24, 2.45) is 0 Å². The second-order valence-electron chi connectivity index (χ2n) is 5.87. The van der Waals surface area contributed by atoms with E-state index in [0.717, 1.165) is 12.8 Å². The summed E-state index contributed by atoms with van der Waals surface area (Å²) >= 11 is 0. The van der Waals surface area contributed by atoms with Gasteiger partial charge in [0.15, 0.2) is 0 Å². The van der Waals surface area contributed by atoms with Crippen LogP contribution < -0.4 is 5.32 Å². The highest BCUT2D eigenvalue weighted by Crippen LogP contribution is 2.20. The number of furan rings is 1. The third-order valence-corrected chi connectivity index (χ3v) is 4.19. The topological polar surface area (TPSA) is 82.8 Å². The molecule has 1 fully saturated rings. The molecule has 0 radical (unpaired) electrons. The number of benzene rings is 1. The van der Waals surface area contributed by atoms with Gasteiger partial charge in [0.1, 0.15) is 11.5 Å². The van der Waals surface area contributed by atoms with Crippen molar-refractivity contribution in [2.75, 3.05) is 13.2 Å². The second-order valence-corrected chi connectivity index (χ2v) is 5.87. The Hall–Kier alpha value is -2.86. The molecule has 1 unspecified atom stereocenters. The van der Waals surface area contributed by atoms with Gasteiger partial charge in [0.05, 0.1) is 18.9 Å². The summed E-state index contributed by atoms with van der Waals surface area (Å²) in [5.74, 6) is -0.222. The number of rotatable bonds is 5. The zero-order valence-electron chi connectivity index (χ0n) is 13.7. The number of amides is 2. The van der Waals surface area contributed by atoms with Crippen LogP contribution in [0, 0.1) is 0 Å². The smallest absolute Gasteiger partial charge is 0.270 e. The van der Waals surface area contributed by atoms with Gasteiger partial charge in [0.2, 0.25) is 0 Å². The van der Waals surface area contributed by atoms with Gasteiger partial charge in [0, 0.05) is 18.2 Å². The number of nitrogens with zero attached hydrogens (tertiary/aromatic N) is 1. The van der Waals surface area contributed by atoms with Crippen LogP contribution in [0.5, 0.6) is 0 Å². The standard InChI is InChI=1S/C19H20N2O4/c22-13-15-8-4-10-21(15)19(24)17(12-16-9-5-11-25-16)20-18(23)14-6-2-1-3-7-14/h1-3,5-7,9,11-12,15,22H,4,8,10,13H2,(H,20,23). The zero-order valence-corrected chi connectivity index (χ0v) is 13.7. The van der Waals surface area contributed by atoms with Crippen LogP contribution in [-0.4, -0.2) is 41.0 Å². The quantitative estimate of drug-likeness (QED) is 0.816. The predicted octanol–water partition coefficient (Wildman–Crippen LogP) is 2.03. The number of hydrogen-bond donors (Lipinski definition) is 2. The number of carbonyl (C=O) groups is 2. The lowest BCUT2D eigenvalue weighted by Gasteiger charge is -2.24. The lowest BCUT2D eigenvalue weighted by Crippen LogP contribution is -2.42. The molecule has 0 saturated carbocycles. The number of aliphatic hydroxyl groups excluding tert-OH is 1. The molecular weight excluding hydrogens is 320 g/mol. The third-order valence-electron chi connectivity index (χ3n) is 4.19. The van der Waals surface area contributed by atoms with Crippen molar-refractivity contribution in [1.29, 1.82) is 0 Å². The second kappa shape index (κ2) is 7.81. The molecule has 1 atom stereocenters. The van der Waals surface area contributed by atoms with Crippen LogP contribution in [0.3, 0.4) is 0 Å². The molecule has 1 aliphatic rings. The first-order valence-corrected chi connectivity index (χ1v) is 8.22. The average Bonchev–Trinajstić information content (AvgIpc) is 3.32. The number of carbonyl (C=O) groups excluding carboxylic acids is 2. The highest BCUT2D eigenvalue weighted by Gasteiger charge is 2.30. The molecule has 2 aromatic rings. The van der Waals surface area contributed by atoms with Crippen molar-refractivity contribution >= 4 is 17.9 Å². The average molecular weight is 340 g/mol. The molecule has 0 bridgehead atoms. The van der Waals surface area contributed by atoms with Crippen LogP contribution in [0.4, 0.5) is 0 Å². The molecule has 2 amide bonds. The van der Waals surface area contributed by atoms with Gasteiger partial charge in [-0.3, -0.25) is 9.59 Å². The molecule has 1 aromatic heterocycles.